The molecule has 0 aromatic heterocycles. The topological polar surface area (TPSA) is 49.9 Å². The van der Waals surface area contributed by atoms with E-state index in [4.69, 9.17) is 16.3 Å². The lowest BCUT2D eigenvalue weighted by atomic mass is 9.97. The number of hydrogen-bond donors (Lipinski definition) is 0. The highest BCUT2D eigenvalue weighted by molar-refractivity contribution is 6.30. The van der Waals surface area contributed by atoms with E-state index in [1.54, 1.807) is 31.3 Å². The van der Waals surface area contributed by atoms with Gasteiger partial charge in [-0.05, 0) is 37.1 Å². The number of ether oxygens (including phenoxy) is 1. The van der Waals surface area contributed by atoms with Crippen LogP contribution in [0.5, 0.6) is 5.75 Å². The average Bonchev–Trinajstić information content (AvgIpc) is 2.85. The van der Waals surface area contributed by atoms with Gasteiger partial charge in [0.15, 0.2) is 6.04 Å². The summed E-state index contributed by atoms with van der Waals surface area (Å²) in [4.78, 5) is 28.2. The monoisotopic (exact) mass is 336 g/mol. The van der Waals surface area contributed by atoms with Crippen LogP contribution in [0, 0.1) is 0 Å². The quantitative estimate of drug-likeness (QED) is 0.796. The lowest BCUT2D eigenvalue weighted by Gasteiger charge is -2.44. The zero-order valence-corrected chi connectivity index (χ0v) is 14.0. The minimum Gasteiger partial charge on any atom is -0.478 e. The fourth-order valence-electron chi connectivity index (χ4n) is 3.14. The summed E-state index contributed by atoms with van der Waals surface area (Å²) >= 11 is 5.85. The average molecular weight is 337 g/mol. The zero-order valence-electron chi connectivity index (χ0n) is 13.2. The van der Waals surface area contributed by atoms with Crippen molar-refractivity contribution < 1.29 is 14.3 Å². The van der Waals surface area contributed by atoms with Gasteiger partial charge in [0.2, 0.25) is 12.0 Å². The Morgan fingerprint density at radius 2 is 1.74 bits per heavy atom. The third kappa shape index (κ3) is 3.29. The van der Waals surface area contributed by atoms with E-state index in [0.29, 0.717) is 10.8 Å². The predicted molar refractivity (Wildman–Crippen MR) is 87.5 cm³/mol. The lowest BCUT2D eigenvalue weighted by molar-refractivity contribution is -0.170. The number of hydrogen-bond acceptors (Lipinski definition) is 3. The number of β-lactam (4-membered cyclic amide) rings is 1. The molecule has 2 fully saturated rings. The molecule has 2 aliphatic heterocycles. The molecule has 0 saturated carbocycles. The molecule has 2 heterocycles. The molecular formula is C17H21ClN2O3. The molecule has 0 radical (unpaired) electrons. The number of nitrogens with zero attached hydrogens (tertiary/aromatic N) is 2. The number of halogens is 1. The molecule has 0 spiro atoms. The van der Waals surface area contributed by atoms with Gasteiger partial charge in [-0.25, -0.2) is 0 Å². The zero-order chi connectivity index (χ0) is 16.4. The van der Waals surface area contributed by atoms with Crippen molar-refractivity contribution in [2.75, 3.05) is 20.1 Å². The Morgan fingerprint density at radius 3 is 2.35 bits per heavy atom. The van der Waals surface area contributed by atoms with Crippen LogP contribution in [0.4, 0.5) is 0 Å². The molecule has 3 rings (SSSR count). The molecule has 0 bridgehead atoms. The second kappa shape index (κ2) is 6.79. The molecular weight excluding hydrogens is 316 g/mol. The Labute approximate surface area is 141 Å². The first-order chi connectivity index (χ1) is 11.1. The van der Waals surface area contributed by atoms with Crippen LogP contribution in [0.1, 0.15) is 25.7 Å². The van der Waals surface area contributed by atoms with E-state index in [1.165, 1.54) is 4.90 Å². The minimum atomic E-state index is -0.739. The van der Waals surface area contributed by atoms with Gasteiger partial charge in [-0.3, -0.25) is 9.59 Å². The van der Waals surface area contributed by atoms with Gasteiger partial charge in [0, 0.05) is 25.2 Å². The van der Waals surface area contributed by atoms with E-state index in [-0.39, 0.29) is 11.8 Å². The summed E-state index contributed by atoms with van der Waals surface area (Å²) in [6, 6.07) is 6.30. The highest BCUT2D eigenvalue weighted by Crippen LogP contribution is 2.27. The maximum Gasteiger partial charge on any atom is 0.266 e. The largest absolute Gasteiger partial charge is 0.478 e. The van der Waals surface area contributed by atoms with Crippen LogP contribution in [-0.4, -0.2) is 53.9 Å². The summed E-state index contributed by atoms with van der Waals surface area (Å²) in [5, 5.41) is 0.603. The Bertz CT molecular complexity index is 582. The number of likely N-dealkylation sites (N-methyl/N-ethyl adjacent to an activating group) is 1. The lowest BCUT2D eigenvalue weighted by Crippen LogP contribution is -2.70. The van der Waals surface area contributed by atoms with E-state index in [1.807, 2.05) is 4.90 Å². The SMILES string of the molecule is CN1C(=O)[C@@H](Oc2ccc(Cl)cc2)[C@H]1C(=O)N1CCCCCC1. The van der Waals surface area contributed by atoms with Crippen molar-refractivity contribution in [2.24, 2.45) is 0 Å². The maximum atomic E-state index is 12.8. The molecule has 2 saturated heterocycles. The van der Waals surface area contributed by atoms with Gasteiger partial charge in [-0.2, -0.15) is 0 Å². The van der Waals surface area contributed by atoms with Crippen LogP contribution in [0.25, 0.3) is 0 Å². The van der Waals surface area contributed by atoms with Gasteiger partial charge in [0.05, 0.1) is 0 Å². The second-order valence-electron chi connectivity index (χ2n) is 6.13. The van der Waals surface area contributed by atoms with Crippen LogP contribution in [-0.2, 0) is 9.59 Å². The summed E-state index contributed by atoms with van der Waals surface area (Å²) in [7, 11) is 1.66. The first-order valence-corrected chi connectivity index (χ1v) is 8.43. The van der Waals surface area contributed by atoms with E-state index < -0.39 is 12.1 Å². The van der Waals surface area contributed by atoms with E-state index in [0.717, 1.165) is 38.8 Å². The molecule has 0 aliphatic carbocycles. The Hall–Kier alpha value is -1.75. The molecule has 0 N–H and O–H groups in total. The molecule has 124 valence electrons. The summed E-state index contributed by atoms with van der Waals surface area (Å²) < 4.78 is 5.75. The van der Waals surface area contributed by atoms with Crippen LogP contribution in [0.15, 0.2) is 24.3 Å². The molecule has 2 amide bonds. The normalized spacial score (nSPS) is 24.9. The minimum absolute atomic E-state index is 0.00652. The van der Waals surface area contributed by atoms with E-state index >= 15 is 0 Å². The fraction of sp³-hybridized carbons (Fsp3) is 0.529. The van der Waals surface area contributed by atoms with E-state index in [9.17, 15) is 9.59 Å². The van der Waals surface area contributed by atoms with Crippen molar-refractivity contribution in [3.63, 3.8) is 0 Å². The van der Waals surface area contributed by atoms with Crippen molar-refractivity contribution in [1.29, 1.82) is 0 Å². The van der Waals surface area contributed by atoms with Crippen LogP contribution >= 0.6 is 11.6 Å². The van der Waals surface area contributed by atoms with Crippen LogP contribution in [0.3, 0.4) is 0 Å². The Balaban J connectivity index is 1.70. The molecule has 6 heteroatoms. The maximum absolute atomic E-state index is 12.8. The summed E-state index contributed by atoms with van der Waals surface area (Å²) in [5.74, 6) is 0.385. The van der Waals surface area contributed by atoms with Crippen LogP contribution < -0.4 is 4.74 Å². The number of likely N-dealkylation sites (tertiary alicyclic amines) is 2. The summed E-state index contributed by atoms with van der Waals surface area (Å²) in [6.45, 7) is 1.54. The van der Waals surface area contributed by atoms with Gasteiger partial charge < -0.3 is 14.5 Å². The van der Waals surface area contributed by atoms with Crippen LogP contribution in [0.2, 0.25) is 5.02 Å². The second-order valence-corrected chi connectivity index (χ2v) is 6.56. The van der Waals surface area contributed by atoms with Gasteiger partial charge >= 0.3 is 0 Å². The molecule has 1 aromatic rings. The fourth-order valence-corrected chi connectivity index (χ4v) is 3.27. The Morgan fingerprint density at radius 1 is 1.13 bits per heavy atom. The number of amides is 2. The predicted octanol–water partition coefficient (Wildman–Crippen LogP) is 2.33. The standard InChI is InChI=1S/C17H21ClN2O3/c1-19-14(16(21)20-10-4-2-3-5-11-20)15(17(19)22)23-13-8-6-12(18)7-9-13/h6-9,14-15H,2-5,10-11H2,1H3/t14-,15-/m0/s1. The van der Waals surface area contributed by atoms with Gasteiger partial charge in [0.25, 0.3) is 5.91 Å². The van der Waals surface area contributed by atoms with E-state index in [2.05, 4.69) is 0 Å². The number of carbonyl (C=O) groups excluding carboxylic acids is 2. The molecule has 5 nitrogen and oxygen atoms in total. The molecule has 1 aromatic carbocycles. The molecule has 23 heavy (non-hydrogen) atoms. The number of carbonyl (C=O) groups is 2. The first-order valence-electron chi connectivity index (χ1n) is 8.05. The number of rotatable bonds is 3. The van der Waals surface area contributed by atoms with Gasteiger partial charge in [-0.1, -0.05) is 24.4 Å². The van der Waals surface area contributed by atoms with Crippen molar-refractivity contribution in [2.45, 2.75) is 37.8 Å². The molecule has 0 unspecified atom stereocenters. The third-order valence-electron chi connectivity index (χ3n) is 4.54. The summed E-state index contributed by atoms with van der Waals surface area (Å²) in [6.07, 6.45) is 3.64. The third-order valence-corrected chi connectivity index (χ3v) is 4.79. The highest BCUT2D eigenvalue weighted by atomic mass is 35.5. The number of benzene rings is 1. The molecule has 2 atom stereocenters. The van der Waals surface area contributed by atoms with Crippen molar-refractivity contribution in [1.82, 2.24) is 9.80 Å². The Kier molecular flexibility index (Phi) is 4.76. The molecule has 2 aliphatic rings. The van der Waals surface area contributed by atoms with Gasteiger partial charge in [-0.15, -0.1) is 0 Å². The first kappa shape index (κ1) is 16.1. The van der Waals surface area contributed by atoms with Gasteiger partial charge in [0.1, 0.15) is 5.75 Å². The van der Waals surface area contributed by atoms with Crippen molar-refractivity contribution in [3.8, 4) is 5.75 Å². The summed E-state index contributed by atoms with van der Waals surface area (Å²) in [5.41, 5.74) is 0. The smallest absolute Gasteiger partial charge is 0.266 e. The van der Waals surface area contributed by atoms with Crippen molar-refractivity contribution in [3.05, 3.63) is 29.3 Å². The van der Waals surface area contributed by atoms with Crippen molar-refractivity contribution >= 4 is 23.4 Å². The highest BCUT2D eigenvalue weighted by Gasteiger charge is 2.52.